The molecule has 2 aromatic carbocycles. The zero-order valence-electron chi connectivity index (χ0n) is 18.8. The maximum absolute atomic E-state index is 13.1. The number of amides is 2. The molecule has 2 aliphatic heterocycles. The van der Waals surface area contributed by atoms with Gasteiger partial charge in [-0.1, -0.05) is 23.9 Å². The van der Waals surface area contributed by atoms with Crippen LogP contribution in [0.2, 0.25) is 0 Å². The standard InChI is InChI=1S/C24H25N5O4S/c1-32-17-10-8-16(9-11-17)23-26-27-24(29(23)13-18-5-4-12-33-18)34-15-22(31)28-14-21(30)25-19-6-2-3-7-20(19)28/h2-3,6-11,18H,4-5,12-15H2,1H3,(H,25,30)/t18-/m0/s1. The average Bonchev–Trinajstić information content (AvgIpc) is 3.52. The van der Waals surface area contributed by atoms with Crippen LogP contribution < -0.4 is 15.0 Å². The van der Waals surface area contributed by atoms with E-state index >= 15 is 0 Å². The van der Waals surface area contributed by atoms with Gasteiger partial charge in [-0.15, -0.1) is 10.2 Å². The molecule has 3 heterocycles. The molecular weight excluding hydrogens is 454 g/mol. The molecule has 1 fully saturated rings. The Morgan fingerprint density at radius 1 is 1.21 bits per heavy atom. The number of benzene rings is 2. The Morgan fingerprint density at radius 3 is 2.79 bits per heavy atom. The summed E-state index contributed by atoms with van der Waals surface area (Å²) in [5.41, 5.74) is 2.25. The lowest BCUT2D eigenvalue weighted by Crippen LogP contribution is -2.43. The number of hydrogen-bond donors (Lipinski definition) is 1. The van der Waals surface area contributed by atoms with Crippen molar-refractivity contribution in [3.8, 4) is 17.1 Å². The molecule has 34 heavy (non-hydrogen) atoms. The summed E-state index contributed by atoms with van der Waals surface area (Å²) in [6.07, 6.45) is 2.09. The number of aromatic nitrogens is 3. The van der Waals surface area contributed by atoms with Crippen molar-refractivity contribution < 1.29 is 19.1 Å². The number of anilines is 2. The Balaban J connectivity index is 1.37. The van der Waals surface area contributed by atoms with Crippen molar-refractivity contribution in [2.24, 2.45) is 0 Å². The number of carbonyl (C=O) groups excluding carboxylic acids is 2. The summed E-state index contributed by atoms with van der Waals surface area (Å²) in [6.45, 7) is 1.36. The highest BCUT2D eigenvalue weighted by molar-refractivity contribution is 7.99. The van der Waals surface area contributed by atoms with E-state index in [4.69, 9.17) is 9.47 Å². The molecule has 0 bridgehead atoms. The second-order valence-electron chi connectivity index (χ2n) is 8.11. The number of hydrogen-bond acceptors (Lipinski definition) is 7. The van der Waals surface area contributed by atoms with Gasteiger partial charge in [-0.2, -0.15) is 0 Å². The summed E-state index contributed by atoms with van der Waals surface area (Å²) in [5.74, 6) is 1.24. The van der Waals surface area contributed by atoms with Crippen molar-refractivity contribution >= 4 is 35.0 Å². The van der Waals surface area contributed by atoms with Gasteiger partial charge in [-0.25, -0.2) is 0 Å². The second-order valence-corrected chi connectivity index (χ2v) is 9.06. The molecule has 0 aliphatic carbocycles. The third kappa shape index (κ3) is 4.64. The van der Waals surface area contributed by atoms with E-state index in [0.717, 1.165) is 36.6 Å². The first-order valence-corrected chi connectivity index (χ1v) is 12.1. The van der Waals surface area contributed by atoms with Gasteiger partial charge in [0.25, 0.3) is 0 Å². The fraction of sp³-hybridized carbons (Fsp3) is 0.333. The van der Waals surface area contributed by atoms with Crippen LogP contribution in [-0.2, 0) is 20.9 Å². The molecule has 9 nitrogen and oxygen atoms in total. The molecule has 5 rings (SSSR count). The van der Waals surface area contributed by atoms with Crippen molar-refractivity contribution in [3.05, 3.63) is 48.5 Å². The van der Waals surface area contributed by atoms with E-state index in [2.05, 4.69) is 15.5 Å². The van der Waals surface area contributed by atoms with Gasteiger partial charge in [-0.3, -0.25) is 14.2 Å². The van der Waals surface area contributed by atoms with Crippen LogP contribution in [0.25, 0.3) is 11.4 Å². The highest BCUT2D eigenvalue weighted by Gasteiger charge is 2.28. The number of thioether (sulfide) groups is 1. The van der Waals surface area contributed by atoms with Gasteiger partial charge in [0.15, 0.2) is 11.0 Å². The first-order chi connectivity index (χ1) is 16.6. The van der Waals surface area contributed by atoms with E-state index in [1.165, 1.54) is 16.7 Å². The Hall–Kier alpha value is -3.37. The van der Waals surface area contributed by atoms with E-state index < -0.39 is 0 Å². The van der Waals surface area contributed by atoms with Gasteiger partial charge >= 0.3 is 0 Å². The third-order valence-electron chi connectivity index (χ3n) is 5.87. The molecule has 1 aromatic heterocycles. The lowest BCUT2D eigenvalue weighted by Gasteiger charge is -2.29. The minimum absolute atomic E-state index is 0.00386. The Morgan fingerprint density at radius 2 is 2.03 bits per heavy atom. The van der Waals surface area contributed by atoms with E-state index in [-0.39, 0.29) is 30.2 Å². The predicted octanol–water partition coefficient (Wildman–Crippen LogP) is 3.21. The van der Waals surface area contributed by atoms with Crippen LogP contribution in [0.5, 0.6) is 5.75 Å². The van der Waals surface area contributed by atoms with Crippen LogP contribution in [0.1, 0.15) is 12.8 Å². The summed E-state index contributed by atoms with van der Waals surface area (Å²) in [4.78, 5) is 26.7. The molecule has 1 saturated heterocycles. The van der Waals surface area contributed by atoms with Gasteiger partial charge in [0.05, 0.1) is 36.9 Å². The molecule has 3 aromatic rings. The van der Waals surface area contributed by atoms with Gasteiger partial charge in [0.2, 0.25) is 11.8 Å². The third-order valence-corrected chi connectivity index (χ3v) is 6.82. The van der Waals surface area contributed by atoms with Crippen LogP contribution in [0.3, 0.4) is 0 Å². The second kappa shape index (κ2) is 9.86. The van der Waals surface area contributed by atoms with Crippen LogP contribution >= 0.6 is 11.8 Å². The van der Waals surface area contributed by atoms with E-state index in [0.29, 0.717) is 23.1 Å². The highest BCUT2D eigenvalue weighted by atomic mass is 32.2. The molecule has 1 N–H and O–H groups in total. The van der Waals surface area contributed by atoms with Gasteiger partial charge in [-0.05, 0) is 49.2 Å². The fourth-order valence-corrected chi connectivity index (χ4v) is 4.99. The summed E-state index contributed by atoms with van der Waals surface area (Å²) in [6, 6.07) is 15.0. The number of methoxy groups -OCH3 is 1. The molecule has 176 valence electrons. The molecular formula is C24H25N5O4S. The van der Waals surface area contributed by atoms with Gasteiger partial charge < -0.3 is 19.7 Å². The zero-order chi connectivity index (χ0) is 23.5. The van der Waals surface area contributed by atoms with E-state index in [9.17, 15) is 9.59 Å². The summed E-state index contributed by atoms with van der Waals surface area (Å²) >= 11 is 1.32. The topological polar surface area (TPSA) is 98.6 Å². The number of fused-ring (bicyclic) bond motifs is 1. The van der Waals surface area contributed by atoms with Gasteiger partial charge in [0, 0.05) is 12.2 Å². The van der Waals surface area contributed by atoms with Crippen molar-refractivity contribution in [2.45, 2.75) is 30.6 Å². The lowest BCUT2D eigenvalue weighted by molar-refractivity contribution is -0.120. The molecule has 2 aliphatic rings. The number of nitrogens with one attached hydrogen (secondary N) is 1. The quantitative estimate of drug-likeness (QED) is 0.520. The molecule has 0 radical (unpaired) electrons. The van der Waals surface area contributed by atoms with Crippen molar-refractivity contribution in [1.29, 1.82) is 0 Å². The number of ether oxygens (including phenoxy) is 2. The smallest absolute Gasteiger partial charge is 0.244 e. The van der Waals surface area contributed by atoms with Crippen LogP contribution in [0.4, 0.5) is 11.4 Å². The summed E-state index contributed by atoms with van der Waals surface area (Å²) in [7, 11) is 1.63. The van der Waals surface area contributed by atoms with E-state index in [1.807, 2.05) is 47.0 Å². The number of nitrogens with zero attached hydrogens (tertiary/aromatic N) is 4. The maximum atomic E-state index is 13.1. The average molecular weight is 480 g/mol. The monoisotopic (exact) mass is 479 g/mol. The van der Waals surface area contributed by atoms with Crippen LogP contribution in [-0.4, -0.2) is 58.7 Å². The minimum atomic E-state index is -0.208. The molecule has 0 spiro atoms. The highest BCUT2D eigenvalue weighted by Crippen LogP contribution is 2.31. The minimum Gasteiger partial charge on any atom is -0.497 e. The fourth-order valence-electron chi connectivity index (χ4n) is 4.17. The van der Waals surface area contributed by atoms with Crippen LogP contribution in [0.15, 0.2) is 53.7 Å². The Labute approximate surface area is 201 Å². The zero-order valence-corrected chi connectivity index (χ0v) is 19.6. The molecule has 0 saturated carbocycles. The largest absolute Gasteiger partial charge is 0.497 e. The lowest BCUT2D eigenvalue weighted by atomic mass is 10.2. The maximum Gasteiger partial charge on any atom is 0.244 e. The van der Waals surface area contributed by atoms with Crippen LogP contribution in [0, 0.1) is 0 Å². The molecule has 0 unspecified atom stereocenters. The summed E-state index contributed by atoms with van der Waals surface area (Å²) in [5, 5.41) is 12.3. The van der Waals surface area contributed by atoms with Crippen molar-refractivity contribution in [2.75, 3.05) is 36.2 Å². The predicted molar refractivity (Wildman–Crippen MR) is 129 cm³/mol. The molecule has 10 heteroatoms. The van der Waals surface area contributed by atoms with Gasteiger partial charge in [0.1, 0.15) is 12.3 Å². The number of para-hydroxylation sites is 2. The van der Waals surface area contributed by atoms with Crippen molar-refractivity contribution in [3.63, 3.8) is 0 Å². The first-order valence-electron chi connectivity index (χ1n) is 11.1. The summed E-state index contributed by atoms with van der Waals surface area (Å²) < 4.78 is 13.1. The first kappa shape index (κ1) is 22.4. The number of rotatable bonds is 7. The normalized spacial score (nSPS) is 17.4. The Bertz CT molecular complexity index is 1190. The number of carbonyl (C=O) groups is 2. The SMILES string of the molecule is COc1ccc(-c2nnc(SCC(=O)N3CC(=O)Nc4ccccc43)n2C[C@@H]2CCCO2)cc1. The van der Waals surface area contributed by atoms with Crippen molar-refractivity contribution in [1.82, 2.24) is 14.8 Å². The molecule has 1 atom stereocenters. The Kier molecular flexibility index (Phi) is 6.50. The molecule has 2 amide bonds. The van der Waals surface area contributed by atoms with E-state index in [1.54, 1.807) is 13.2 Å².